The van der Waals surface area contributed by atoms with Crippen molar-refractivity contribution in [2.45, 2.75) is 6.92 Å². The molecule has 0 fully saturated rings. The lowest BCUT2D eigenvalue weighted by atomic mass is 10.1. The quantitative estimate of drug-likeness (QED) is 0.430. The lowest BCUT2D eigenvalue weighted by molar-refractivity contribution is 0.174. The molecule has 0 N–H and O–H groups in total. The van der Waals surface area contributed by atoms with Crippen LogP contribution in [0.5, 0.6) is 11.5 Å². The van der Waals surface area contributed by atoms with Crippen LogP contribution in [0.1, 0.15) is 5.56 Å². The van der Waals surface area contributed by atoms with Crippen LogP contribution in [0.2, 0.25) is 0 Å². The molecule has 0 bridgehead atoms. The fourth-order valence-corrected chi connectivity index (χ4v) is 3.75. The Balaban J connectivity index is 1.52. The summed E-state index contributed by atoms with van der Waals surface area (Å²) >= 11 is 0. The minimum Gasteiger partial charge on any atom is -0.454 e. The smallest absolute Gasteiger partial charge is 0.279 e. The zero-order chi connectivity index (χ0) is 21.7. The minimum absolute atomic E-state index is 0.187. The van der Waals surface area contributed by atoms with Crippen LogP contribution in [0.25, 0.3) is 39.4 Å². The summed E-state index contributed by atoms with van der Waals surface area (Å²) in [7, 11) is 0. The summed E-state index contributed by atoms with van der Waals surface area (Å²) in [5.41, 5.74) is 2.62. The molecule has 156 valence electrons. The summed E-state index contributed by atoms with van der Waals surface area (Å²) < 4.78 is 17.7. The zero-order valence-electron chi connectivity index (χ0n) is 17.0. The molecule has 0 aliphatic carbocycles. The summed E-state index contributed by atoms with van der Waals surface area (Å²) in [6.07, 6.45) is 0. The second-order valence-corrected chi connectivity index (χ2v) is 7.44. The van der Waals surface area contributed by atoms with Crippen LogP contribution in [-0.2, 0) is 0 Å². The SMILES string of the molecule is Cc1cccc(-n2nc(-c3nc(-c4ccc5c(c4)OCO5)no3)c3ccccc3c2=O)c1. The molecule has 1 aliphatic heterocycles. The molecular weight excluding hydrogens is 408 g/mol. The van der Waals surface area contributed by atoms with Crippen molar-refractivity contribution in [3.63, 3.8) is 0 Å². The van der Waals surface area contributed by atoms with Gasteiger partial charge in [0.05, 0.1) is 11.1 Å². The molecule has 0 spiro atoms. The van der Waals surface area contributed by atoms with Crippen LogP contribution in [0.15, 0.2) is 76.0 Å². The molecule has 0 saturated carbocycles. The van der Waals surface area contributed by atoms with Gasteiger partial charge < -0.3 is 14.0 Å². The van der Waals surface area contributed by atoms with Crippen molar-refractivity contribution in [1.29, 1.82) is 0 Å². The van der Waals surface area contributed by atoms with Gasteiger partial charge in [-0.2, -0.15) is 14.8 Å². The Morgan fingerprint density at radius 3 is 2.62 bits per heavy atom. The molecule has 0 saturated heterocycles. The van der Waals surface area contributed by atoms with Crippen LogP contribution in [-0.4, -0.2) is 26.7 Å². The second-order valence-electron chi connectivity index (χ2n) is 7.44. The topological polar surface area (TPSA) is 92.3 Å². The van der Waals surface area contributed by atoms with Crippen molar-refractivity contribution in [2.24, 2.45) is 0 Å². The summed E-state index contributed by atoms with van der Waals surface area (Å²) in [4.78, 5) is 17.7. The third kappa shape index (κ3) is 2.92. The molecule has 8 nitrogen and oxygen atoms in total. The highest BCUT2D eigenvalue weighted by Crippen LogP contribution is 2.35. The van der Waals surface area contributed by atoms with Crippen LogP contribution in [0.4, 0.5) is 0 Å². The Hall–Kier alpha value is -4.46. The largest absolute Gasteiger partial charge is 0.454 e. The molecule has 1 aliphatic rings. The molecule has 2 aromatic heterocycles. The molecule has 8 heteroatoms. The van der Waals surface area contributed by atoms with Gasteiger partial charge in [-0.15, -0.1) is 0 Å². The molecule has 3 aromatic carbocycles. The van der Waals surface area contributed by atoms with Crippen molar-refractivity contribution < 1.29 is 14.0 Å². The third-order valence-electron chi connectivity index (χ3n) is 5.31. The number of aryl methyl sites for hydroxylation is 1. The van der Waals surface area contributed by atoms with E-state index >= 15 is 0 Å². The van der Waals surface area contributed by atoms with Crippen molar-refractivity contribution in [3.05, 3.63) is 82.6 Å². The lowest BCUT2D eigenvalue weighted by Crippen LogP contribution is -2.22. The zero-order valence-corrected chi connectivity index (χ0v) is 17.0. The average molecular weight is 424 g/mol. The fraction of sp³-hybridized carbons (Fsp3) is 0.0833. The minimum atomic E-state index is -0.217. The Bertz CT molecular complexity index is 1550. The van der Waals surface area contributed by atoms with Gasteiger partial charge in [0, 0.05) is 10.9 Å². The number of hydrogen-bond donors (Lipinski definition) is 0. The van der Waals surface area contributed by atoms with Gasteiger partial charge >= 0.3 is 0 Å². The van der Waals surface area contributed by atoms with E-state index in [1.807, 2.05) is 55.5 Å². The second kappa shape index (κ2) is 7.05. The van der Waals surface area contributed by atoms with E-state index in [1.54, 1.807) is 18.2 Å². The first-order valence-corrected chi connectivity index (χ1v) is 10.0. The highest BCUT2D eigenvalue weighted by atomic mass is 16.7. The summed E-state index contributed by atoms with van der Waals surface area (Å²) in [6.45, 7) is 2.15. The van der Waals surface area contributed by atoms with E-state index in [0.29, 0.717) is 39.5 Å². The van der Waals surface area contributed by atoms with Crippen molar-refractivity contribution in [1.82, 2.24) is 19.9 Å². The maximum absolute atomic E-state index is 13.2. The van der Waals surface area contributed by atoms with Gasteiger partial charge in [0.15, 0.2) is 17.2 Å². The lowest BCUT2D eigenvalue weighted by Gasteiger charge is -2.09. The average Bonchev–Trinajstić information content (AvgIpc) is 3.49. The number of rotatable bonds is 3. The van der Waals surface area contributed by atoms with E-state index in [4.69, 9.17) is 14.0 Å². The van der Waals surface area contributed by atoms with E-state index in [0.717, 1.165) is 11.1 Å². The molecule has 3 heterocycles. The van der Waals surface area contributed by atoms with E-state index in [-0.39, 0.29) is 18.2 Å². The Morgan fingerprint density at radius 2 is 1.75 bits per heavy atom. The van der Waals surface area contributed by atoms with Crippen molar-refractivity contribution in [2.75, 3.05) is 6.79 Å². The van der Waals surface area contributed by atoms with Crippen molar-refractivity contribution in [3.8, 4) is 40.2 Å². The van der Waals surface area contributed by atoms with Crippen molar-refractivity contribution >= 4 is 10.8 Å². The van der Waals surface area contributed by atoms with Gasteiger partial charge in [-0.25, -0.2) is 0 Å². The third-order valence-corrected chi connectivity index (χ3v) is 5.31. The van der Waals surface area contributed by atoms with Gasteiger partial charge in [0.2, 0.25) is 12.6 Å². The molecule has 5 aromatic rings. The highest BCUT2D eigenvalue weighted by Gasteiger charge is 2.20. The standard InChI is InChI=1S/C24H16N4O4/c1-14-5-4-6-16(11-14)28-24(29)18-8-3-2-7-17(18)21(26-28)23-25-22(27-32-23)15-9-10-19-20(12-15)31-13-30-19/h2-12H,13H2,1H3. The number of ether oxygens (including phenoxy) is 2. The van der Waals surface area contributed by atoms with E-state index < -0.39 is 0 Å². The molecule has 0 radical (unpaired) electrons. The Labute approximate surface area is 181 Å². The van der Waals surface area contributed by atoms with Gasteiger partial charge in [-0.1, -0.05) is 35.5 Å². The van der Waals surface area contributed by atoms with Crippen LogP contribution < -0.4 is 15.0 Å². The first-order chi connectivity index (χ1) is 15.7. The van der Waals surface area contributed by atoms with Gasteiger partial charge in [-0.05, 0) is 48.9 Å². The molecule has 0 atom stereocenters. The predicted octanol–water partition coefficient (Wildman–Crippen LogP) is 4.14. The Morgan fingerprint density at radius 1 is 0.906 bits per heavy atom. The number of benzene rings is 3. The van der Waals surface area contributed by atoms with Crippen LogP contribution in [0, 0.1) is 6.92 Å². The summed E-state index contributed by atoms with van der Waals surface area (Å²) in [5, 5.41) is 9.89. The predicted molar refractivity (Wildman–Crippen MR) is 117 cm³/mol. The number of fused-ring (bicyclic) bond motifs is 2. The summed E-state index contributed by atoms with van der Waals surface area (Å²) in [5.74, 6) is 1.91. The van der Waals surface area contributed by atoms with Crippen LogP contribution >= 0.6 is 0 Å². The molecule has 0 amide bonds. The molecule has 32 heavy (non-hydrogen) atoms. The van der Waals surface area contributed by atoms with E-state index in [2.05, 4.69) is 15.2 Å². The van der Waals surface area contributed by atoms with E-state index in [9.17, 15) is 4.79 Å². The molecular formula is C24H16N4O4. The van der Waals surface area contributed by atoms with Crippen LogP contribution in [0.3, 0.4) is 0 Å². The molecule has 6 rings (SSSR count). The van der Waals surface area contributed by atoms with Gasteiger partial charge in [0.25, 0.3) is 11.4 Å². The first-order valence-electron chi connectivity index (χ1n) is 10.0. The van der Waals surface area contributed by atoms with E-state index in [1.165, 1.54) is 4.68 Å². The number of hydrogen-bond acceptors (Lipinski definition) is 7. The maximum atomic E-state index is 13.2. The maximum Gasteiger partial charge on any atom is 0.279 e. The Kier molecular flexibility index (Phi) is 4.04. The van der Waals surface area contributed by atoms with Gasteiger partial charge in [-0.3, -0.25) is 4.79 Å². The highest BCUT2D eigenvalue weighted by molar-refractivity contribution is 5.92. The number of aromatic nitrogens is 4. The molecule has 0 unspecified atom stereocenters. The monoisotopic (exact) mass is 424 g/mol. The van der Waals surface area contributed by atoms with Gasteiger partial charge in [0.1, 0.15) is 0 Å². The summed E-state index contributed by atoms with van der Waals surface area (Å²) in [6, 6.07) is 20.3. The first kappa shape index (κ1) is 18.3. The normalized spacial score (nSPS) is 12.4. The number of nitrogens with zero attached hydrogens (tertiary/aromatic N) is 4. The fourth-order valence-electron chi connectivity index (χ4n) is 3.75.